The first-order valence-corrected chi connectivity index (χ1v) is 9.57. The molecule has 0 amide bonds. The van der Waals surface area contributed by atoms with Crippen molar-refractivity contribution < 1.29 is 19.0 Å². The Balaban J connectivity index is 1.64. The van der Waals surface area contributed by atoms with Gasteiger partial charge in [-0.3, -0.25) is 4.79 Å². The van der Waals surface area contributed by atoms with Crippen molar-refractivity contribution in [1.82, 2.24) is 4.98 Å². The van der Waals surface area contributed by atoms with Gasteiger partial charge in [-0.1, -0.05) is 36.4 Å². The lowest BCUT2D eigenvalue weighted by molar-refractivity contribution is 0.100. The molecule has 150 valence electrons. The lowest BCUT2D eigenvalue weighted by Crippen LogP contribution is -2.04. The first-order chi connectivity index (χ1) is 14.6. The number of pyridine rings is 1. The van der Waals surface area contributed by atoms with Crippen molar-refractivity contribution in [1.29, 1.82) is 0 Å². The zero-order valence-corrected chi connectivity index (χ0v) is 16.8. The second kappa shape index (κ2) is 8.66. The van der Waals surface area contributed by atoms with E-state index in [0.717, 1.165) is 16.7 Å². The summed E-state index contributed by atoms with van der Waals surface area (Å²) < 4.78 is 17.1. The molecule has 0 aliphatic carbocycles. The van der Waals surface area contributed by atoms with Crippen molar-refractivity contribution in [3.05, 3.63) is 90.1 Å². The highest BCUT2D eigenvalue weighted by Crippen LogP contribution is 2.30. The quantitative estimate of drug-likeness (QED) is 0.367. The third kappa shape index (κ3) is 4.41. The van der Waals surface area contributed by atoms with Crippen molar-refractivity contribution in [2.75, 3.05) is 7.11 Å². The van der Waals surface area contributed by atoms with Gasteiger partial charge in [0.05, 0.1) is 12.6 Å². The Morgan fingerprint density at radius 2 is 1.63 bits per heavy atom. The number of aromatic nitrogens is 1. The van der Waals surface area contributed by atoms with E-state index in [-0.39, 0.29) is 5.78 Å². The molecule has 0 radical (unpaired) electrons. The van der Waals surface area contributed by atoms with Gasteiger partial charge in [0.25, 0.3) is 0 Å². The molecule has 0 atom stereocenters. The molecule has 3 aromatic carbocycles. The summed E-state index contributed by atoms with van der Waals surface area (Å²) in [5.74, 6) is 2.36. The van der Waals surface area contributed by atoms with Gasteiger partial charge in [-0.15, -0.1) is 0 Å². The molecule has 0 unspecified atom stereocenters. The molecule has 0 fully saturated rings. The number of Topliss-reactive ketones (excluding diaryl/α,β-unsaturated/α-hetero) is 1. The van der Waals surface area contributed by atoms with Crippen molar-refractivity contribution in [3.63, 3.8) is 0 Å². The average Bonchev–Trinajstić information content (AvgIpc) is 2.77. The van der Waals surface area contributed by atoms with Crippen LogP contribution in [0.4, 0.5) is 0 Å². The summed E-state index contributed by atoms with van der Waals surface area (Å²) in [5.41, 5.74) is 2.03. The zero-order valence-electron chi connectivity index (χ0n) is 16.8. The number of carbonyl (C=O) groups excluding carboxylic acids is 1. The number of ether oxygens (including phenoxy) is 3. The van der Waals surface area contributed by atoms with Crippen LogP contribution in [0.5, 0.6) is 23.0 Å². The maximum absolute atomic E-state index is 12.1. The molecule has 5 heteroatoms. The molecule has 4 aromatic rings. The van der Waals surface area contributed by atoms with Gasteiger partial charge in [0, 0.05) is 18.4 Å². The Bertz CT molecular complexity index is 1190. The van der Waals surface area contributed by atoms with E-state index in [1.165, 1.54) is 6.92 Å². The van der Waals surface area contributed by atoms with E-state index in [2.05, 4.69) is 4.98 Å². The van der Waals surface area contributed by atoms with E-state index < -0.39 is 0 Å². The molecule has 0 saturated heterocycles. The molecular weight excluding hydrogens is 378 g/mol. The summed E-state index contributed by atoms with van der Waals surface area (Å²) in [6.45, 7) is 1.85. The third-order valence-corrected chi connectivity index (χ3v) is 4.60. The molecule has 0 bridgehead atoms. The molecule has 5 nitrogen and oxygen atoms in total. The highest BCUT2D eigenvalue weighted by molar-refractivity contribution is 5.98. The minimum Gasteiger partial charge on any atom is -0.497 e. The van der Waals surface area contributed by atoms with E-state index >= 15 is 0 Å². The molecule has 0 spiro atoms. The van der Waals surface area contributed by atoms with Gasteiger partial charge in [-0.2, -0.15) is 0 Å². The summed E-state index contributed by atoms with van der Waals surface area (Å²) in [6.07, 6.45) is 0. The second-order valence-corrected chi connectivity index (χ2v) is 6.80. The molecule has 0 aliphatic rings. The summed E-state index contributed by atoms with van der Waals surface area (Å²) in [7, 11) is 1.62. The van der Waals surface area contributed by atoms with Crippen LogP contribution in [-0.2, 0) is 6.61 Å². The van der Waals surface area contributed by atoms with Crippen LogP contribution in [-0.4, -0.2) is 17.9 Å². The Morgan fingerprint density at radius 3 is 2.40 bits per heavy atom. The number of hydrogen-bond donors (Lipinski definition) is 0. The molecule has 0 saturated carbocycles. The maximum Gasteiger partial charge on any atom is 0.181 e. The van der Waals surface area contributed by atoms with Crippen LogP contribution in [0, 0.1) is 0 Å². The number of ketones is 1. The van der Waals surface area contributed by atoms with E-state index in [1.54, 1.807) is 7.11 Å². The molecule has 0 aliphatic heterocycles. The van der Waals surface area contributed by atoms with Crippen LogP contribution in [0.25, 0.3) is 10.9 Å². The molecule has 1 aromatic heterocycles. The first kappa shape index (κ1) is 19.5. The van der Waals surface area contributed by atoms with Crippen LogP contribution in [0.15, 0.2) is 78.9 Å². The van der Waals surface area contributed by atoms with Crippen molar-refractivity contribution >= 4 is 16.7 Å². The van der Waals surface area contributed by atoms with Crippen LogP contribution in [0.3, 0.4) is 0 Å². The zero-order chi connectivity index (χ0) is 20.9. The van der Waals surface area contributed by atoms with Gasteiger partial charge in [0.2, 0.25) is 0 Å². The monoisotopic (exact) mass is 399 g/mol. The summed E-state index contributed by atoms with van der Waals surface area (Å²) in [5, 5.41) is 0.823. The number of fused-ring (bicyclic) bond motifs is 1. The Labute approximate surface area is 174 Å². The minimum absolute atomic E-state index is 0.142. The fourth-order valence-corrected chi connectivity index (χ4v) is 3.10. The molecule has 30 heavy (non-hydrogen) atoms. The standard InChI is InChI=1S/C25H21NO4/c1-17(27)25-24(29-16-18-7-4-3-5-8-18)14-19-13-22(11-12-23(19)26-25)30-21-10-6-9-20(15-21)28-2/h3-15H,16H2,1-2H3. The van der Waals surface area contributed by atoms with Crippen LogP contribution >= 0.6 is 0 Å². The van der Waals surface area contributed by atoms with E-state index in [4.69, 9.17) is 14.2 Å². The second-order valence-electron chi connectivity index (χ2n) is 6.80. The van der Waals surface area contributed by atoms with Crippen LogP contribution in [0.1, 0.15) is 23.0 Å². The summed E-state index contributed by atoms with van der Waals surface area (Å²) in [6, 6.07) is 24.6. The number of rotatable bonds is 7. The smallest absolute Gasteiger partial charge is 0.181 e. The van der Waals surface area contributed by atoms with Crippen molar-refractivity contribution in [2.45, 2.75) is 13.5 Å². The SMILES string of the molecule is COc1cccc(Oc2ccc3nc(C(C)=O)c(OCc4ccccc4)cc3c2)c1. The van der Waals surface area contributed by atoms with Crippen LogP contribution in [0.2, 0.25) is 0 Å². The number of carbonyl (C=O) groups is 1. The van der Waals surface area contributed by atoms with Crippen molar-refractivity contribution in [2.24, 2.45) is 0 Å². The van der Waals surface area contributed by atoms with Gasteiger partial charge < -0.3 is 14.2 Å². The van der Waals surface area contributed by atoms with Crippen LogP contribution < -0.4 is 14.2 Å². The summed E-state index contributed by atoms with van der Waals surface area (Å²) >= 11 is 0. The molecule has 1 heterocycles. The van der Waals surface area contributed by atoms with Gasteiger partial charge in [0.1, 0.15) is 35.3 Å². The fourth-order valence-electron chi connectivity index (χ4n) is 3.10. The fraction of sp³-hybridized carbons (Fsp3) is 0.120. The molecule has 4 rings (SSSR count). The number of nitrogens with zero attached hydrogens (tertiary/aromatic N) is 1. The minimum atomic E-state index is -0.142. The predicted molar refractivity (Wildman–Crippen MR) is 116 cm³/mol. The topological polar surface area (TPSA) is 57.7 Å². The van der Waals surface area contributed by atoms with Gasteiger partial charge in [-0.25, -0.2) is 4.98 Å². The third-order valence-electron chi connectivity index (χ3n) is 4.60. The lowest BCUT2D eigenvalue weighted by Gasteiger charge is -2.12. The average molecular weight is 399 g/mol. The Morgan fingerprint density at radius 1 is 0.867 bits per heavy atom. The van der Waals surface area contributed by atoms with E-state index in [1.807, 2.05) is 78.9 Å². The Hall–Kier alpha value is -3.86. The van der Waals surface area contributed by atoms with E-state index in [9.17, 15) is 4.79 Å². The van der Waals surface area contributed by atoms with Crippen molar-refractivity contribution in [3.8, 4) is 23.0 Å². The Kier molecular flexibility index (Phi) is 5.61. The molecular formula is C25H21NO4. The predicted octanol–water partition coefficient (Wildman–Crippen LogP) is 5.82. The number of benzene rings is 3. The van der Waals surface area contributed by atoms with Gasteiger partial charge in [-0.05, 0) is 42.0 Å². The van der Waals surface area contributed by atoms with Gasteiger partial charge in [0.15, 0.2) is 5.78 Å². The van der Waals surface area contributed by atoms with Gasteiger partial charge >= 0.3 is 0 Å². The largest absolute Gasteiger partial charge is 0.497 e. The number of methoxy groups -OCH3 is 1. The lowest BCUT2D eigenvalue weighted by atomic mass is 10.1. The highest BCUT2D eigenvalue weighted by atomic mass is 16.5. The highest BCUT2D eigenvalue weighted by Gasteiger charge is 2.14. The maximum atomic E-state index is 12.1. The molecule has 0 N–H and O–H groups in total. The number of hydrogen-bond acceptors (Lipinski definition) is 5. The first-order valence-electron chi connectivity index (χ1n) is 9.57. The summed E-state index contributed by atoms with van der Waals surface area (Å²) in [4.78, 5) is 16.6. The van der Waals surface area contributed by atoms with E-state index in [0.29, 0.717) is 35.1 Å². The normalized spacial score (nSPS) is 10.6.